The van der Waals surface area contributed by atoms with Gasteiger partial charge in [-0.15, -0.1) is 0 Å². The maximum atomic E-state index is 6.08. The first-order valence-corrected chi connectivity index (χ1v) is 17.2. The van der Waals surface area contributed by atoms with Crippen LogP contribution in [0.2, 0.25) is 12.1 Å². The Hall–Kier alpha value is 0.194. The molecule has 0 fully saturated rings. The van der Waals surface area contributed by atoms with Crippen LogP contribution in [0, 0.1) is 0 Å². The summed E-state index contributed by atoms with van der Waals surface area (Å²) >= 11 is 0. The van der Waals surface area contributed by atoms with Gasteiger partial charge < -0.3 is 26.6 Å². The van der Waals surface area contributed by atoms with Gasteiger partial charge >= 0.3 is 17.6 Å². The molecule has 0 bridgehead atoms. The van der Waals surface area contributed by atoms with Gasteiger partial charge in [-0.3, -0.25) is 0 Å². The van der Waals surface area contributed by atoms with E-state index < -0.39 is 17.6 Å². The number of hydrogen-bond acceptors (Lipinski definition) is 6. The standard InChI is InChI=1S/C12H28O4Si.C12H28O2Si/c1-5-9-13-17(14-10-6-2,15-11-7-3)16-12-8-4;1-5-9-13-15(11-7-3,12-8-4)14-10-6-2/h5-12H2,1-4H3;5-12H2,1-4H3. The van der Waals surface area contributed by atoms with Crippen LogP contribution in [0.15, 0.2) is 0 Å². The number of hydrogen-bond donors (Lipinski definition) is 0. The lowest BCUT2D eigenvalue weighted by atomic mass is 10.5. The zero-order valence-electron chi connectivity index (χ0n) is 22.8. The molecule has 0 radical (unpaired) electrons. The summed E-state index contributed by atoms with van der Waals surface area (Å²) in [5, 5.41) is 0. The van der Waals surface area contributed by atoms with Gasteiger partial charge in [0.25, 0.3) is 0 Å². The van der Waals surface area contributed by atoms with E-state index in [4.69, 9.17) is 26.6 Å². The van der Waals surface area contributed by atoms with E-state index in [0.717, 1.165) is 63.8 Å². The fourth-order valence-corrected chi connectivity index (χ4v) is 8.85. The van der Waals surface area contributed by atoms with E-state index in [2.05, 4.69) is 55.4 Å². The van der Waals surface area contributed by atoms with Crippen LogP contribution in [-0.2, 0) is 26.6 Å². The Labute approximate surface area is 202 Å². The lowest BCUT2D eigenvalue weighted by Crippen LogP contribution is -2.50. The largest absolute Gasteiger partial charge is 0.679 e. The lowest BCUT2D eigenvalue weighted by molar-refractivity contribution is -0.0347. The van der Waals surface area contributed by atoms with Crippen molar-refractivity contribution in [3.05, 3.63) is 0 Å². The van der Waals surface area contributed by atoms with Crippen molar-refractivity contribution in [1.82, 2.24) is 0 Å². The van der Waals surface area contributed by atoms with Crippen molar-refractivity contribution in [2.45, 2.75) is 119 Å². The molecule has 0 heterocycles. The Morgan fingerprint density at radius 3 is 0.812 bits per heavy atom. The van der Waals surface area contributed by atoms with E-state index in [9.17, 15) is 0 Å². The molecule has 32 heavy (non-hydrogen) atoms. The monoisotopic (exact) mass is 496 g/mol. The van der Waals surface area contributed by atoms with E-state index in [1.165, 1.54) is 12.8 Å². The minimum absolute atomic E-state index is 0.628. The topological polar surface area (TPSA) is 55.4 Å². The van der Waals surface area contributed by atoms with Crippen molar-refractivity contribution < 1.29 is 26.6 Å². The first kappa shape index (κ1) is 34.4. The number of rotatable bonds is 22. The van der Waals surface area contributed by atoms with Gasteiger partial charge in [0, 0.05) is 39.6 Å². The Morgan fingerprint density at radius 1 is 0.344 bits per heavy atom. The summed E-state index contributed by atoms with van der Waals surface area (Å²) in [7, 11) is -4.72. The summed E-state index contributed by atoms with van der Waals surface area (Å²) in [6.07, 6.45) is 8.31. The highest BCUT2D eigenvalue weighted by Crippen LogP contribution is 2.23. The Kier molecular flexibility index (Phi) is 26.1. The van der Waals surface area contributed by atoms with Crippen molar-refractivity contribution in [3.8, 4) is 0 Å². The molecule has 0 N–H and O–H groups in total. The maximum absolute atomic E-state index is 6.08. The minimum Gasteiger partial charge on any atom is -0.394 e. The summed E-state index contributed by atoms with van der Waals surface area (Å²) in [6, 6.07) is 2.31. The molecule has 0 aliphatic carbocycles. The molecule has 0 amide bonds. The lowest BCUT2D eigenvalue weighted by Gasteiger charge is -2.30. The normalized spacial score (nSPS) is 12.0. The van der Waals surface area contributed by atoms with Crippen LogP contribution in [0.25, 0.3) is 0 Å². The van der Waals surface area contributed by atoms with Gasteiger partial charge in [0.2, 0.25) is 0 Å². The second kappa shape index (κ2) is 24.3. The van der Waals surface area contributed by atoms with Crippen LogP contribution in [-0.4, -0.2) is 57.3 Å². The zero-order chi connectivity index (χ0) is 24.6. The van der Waals surface area contributed by atoms with Gasteiger partial charge in [-0.2, -0.15) is 0 Å². The third kappa shape index (κ3) is 17.6. The van der Waals surface area contributed by atoms with Crippen LogP contribution >= 0.6 is 0 Å². The van der Waals surface area contributed by atoms with Crippen molar-refractivity contribution in [1.29, 1.82) is 0 Å². The fraction of sp³-hybridized carbons (Fsp3) is 1.00. The van der Waals surface area contributed by atoms with Crippen LogP contribution in [0.5, 0.6) is 0 Å². The van der Waals surface area contributed by atoms with Crippen LogP contribution in [0.4, 0.5) is 0 Å². The first-order chi connectivity index (χ1) is 15.5. The van der Waals surface area contributed by atoms with Gasteiger partial charge in [0.1, 0.15) is 0 Å². The van der Waals surface area contributed by atoms with Crippen LogP contribution < -0.4 is 0 Å². The van der Waals surface area contributed by atoms with E-state index in [0.29, 0.717) is 26.4 Å². The molecule has 0 atom stereocenters. The average molecular weight is 497 g/mol. The maximum Gasteiger partial charge on any atom is 0.679 e. The van der Waals surface area contributed by atoms with Gasteiger partial charge in [-0.05, 0) is 50.6 Å². The molecule has 0 saturated heterocycles. The highest BCUT2D eigenvalue weighted by molar-refractivity contribution is 6.67. The summed E-state index contributed by atoms with van der Waals surface area (Å²) < 4.78 is 35.2. The average Bonchev–Trinajstić information content (AvgIpc) is 2.81. The van der Waals surface area contributed by atoms with Crippen molar-refractivity contribution in [3.63, 3.8) is 0 Å². The molecule has 0 aromatic rings. The smallest absolute Gasteiger partial charge is 0.394 e. The molecule has 6 nitrogen and oxygen atoms in total. The molecule has 196 valence electrons. The third-order valence-corrected chi connectivity index (χ3v) is 10.5. The summed E-state index contributed by atoms with van der Waals surface area (Å²) in [4.78, 5) is 0. The summed E-state index contributed by atoms with van der Waals surface area (Å²) in [6.45, 7) is 21.3. The Balaban J connectivity index is 0. The molecule has 0 aliphatic heterocycles. The molecule has 0 saturated carbocycles. The second-order valence-electron chi connectivity index (χ2n) is 8.00. The molecule has 0 aromatic heterocycles. The third-order valence-electron chi connectivity index (χ3n) is 4.33. The SMILES string of the molecule is CCCO[Si](CCC)(CCC)OCCC.CCCO[Si](OCCC)(OCCC)OCCC. The van der Waals surface area contributed by atoms with Crippen molar-refractivity contribution in [2.75, 3.05) is 39.6 Å². The highest BCUT2D eigenvalue weighted by atomic mass is 28.4. The van der Waals surface area contributed by atoms with Gasteiger partial charge in [-0.1, -0.05) is 68.2 Å². The Morgan fingerprint density at radius 2 is 0.594 bits per heavy atom. The highest BCUT2D eigenvalue weighted by Gasteiger charge is 2.45. The van der Waals surface area contributed by atoms with Crippen molar-refractivity contribution in [2.24, 2.45) is 0 Å². The van der Waals surface area contributed by atoms with E-state index >= 15 is 0 Å². The van der Waals surface area contributed by atoms with Crippen molar-refractivity contribution >= 4 is 17.6 Å². The predicted molar refractivity (Wildman–Crippen MR) is 139 cm³/mol. The second-order valence-corrected chi connectivity index (χ2v) is 13.6. The fourth-order valence-electron chi connectivity index (χ4n) is 2.95. The quantitative estimate of drug-likeness (QED) is 0.147. The van der Waals surface area contributed by atoms with Gasteiger partial charge in [0.15, 0.2) is 0 Å². The molecule has 0 aromatic carbocycles. The molecule has 8 heteroatoms. The van der Waals surface area contributed by atoms with Crippen LogP contribution in [0.1, 0.15) is 107 Å². The van der Waals surface area contributed by atoms with Crippen LogP contribution in [0.3, 0.4) is 0 Å². The molecule has 0 unspecified atom stereocenters. The Bertz CT molecular complexity index is 321. The van der Waals surface area contributed by atoms with E-state index in [1.54, 1.807) is 0 Å². The van der Waals surface area contributed by atoms with E-state index in [-0.39, 0.29) is 0 Å². The zero-order valence-corrected chi connectivity index (χ0v) is 24.8. The summed E-state index contributed by atoms with van der Waals surface area (Å²) in [5.74, 6) is 0. The molecule has 0 aliphatic rings. The molecule has 0 rings (SSSR count). The minimum atomic E-state index is -2.88. The van der Waals surface area contributed by atoms with Gasteiger partial charge in [-0.25, -0.2) is 0 Å². The first-order valence-electron chi connectivity index (χ1n) is 13.3. The summed E-state index contributed by atoms with van der Waals surface area (Å²) in [5.41, 5.74) is 0. The predicted octanol–water partition coefficient (Wildman–Crippen LogP) is 7.23. The molecular weight excluding hydrogens is 440 g/mol. The molecular formula is C24H56O6Si2. The molecule has 0 spiro atoms. The van der Waals surface area contributed by atoms with Gasteiger partial charge in [0.05, 0.1) is 0 Å². The van der Waals surface area contributed by atoms with E-state index in [1.807, 2.05) is 0 Å².